The van der Waals surface area contributed by atoms with Gasteiger partial charge in [-0.2, -0.15) is 0 Å². The van der Waals surface area contributed by atoms with Gasteiger partial charge in [-0.15, -0.1) is 0 Å². The van der Waals surface area contributed by atoms with Gasteiger partial charge in [0.05, 0.1) is 10.0 Å². The summed E-state index contributed by atoms with van der Waals surface area (Å²) in [7, 11) is 1.28. The van der Waals surface area contributed by atoms with E-state index in [1.165, 1.54) is 25.3 Å². The first-order valence-corrected chi connectivity index (χ1v) is 8.63. The molecule has 8 heteroatoms. The van der Waals surface area contributed by atoms with Crippen molar-refractivity contribution in [1.82, 2.24) is 10.2 Å². The monoisotopic (exact) mass is 404 g/mol. The van der Waals surface area contributed by atoms with Gasteiger partial charge >= 0.3 is 6.03 Å². The van der Waals surface area contributed by atoms with Crippen LogP contribution >= 0.6 is 23.2 Å². The van der Waals surface area contributed by atoms with Crippen LogP contribution in [0.2, 0.25) is 10.0 Å². The van der Waals surface area contributed by atoms with Crippen molar-refractivity contribution in [2.75, 3.05) is 7.05 Å². The highest BCUT2D eigenvalue weighted by Gasteiger charge is 2.33. The van der Waals surface area contributed by atoms with Crippen LogP contribution in [0.4, 0.5) is 4.79 Å². The van der Waals surface area contributed by atoms with E-state index in [4.69, 9.17) is 27.9 Å². The number of nitrogens with zero attached hydrogens (tertiary/aromatic N) is 1. The number of carbonyl (C=O) groups is 3. The summed E-state index contributed by atoms with van der Waals surface area (Å²) < 4.78 is 5.69. The molecule has 0 spiro atoms. The maximum absolute atomic E-state index is 12.1. The minimum absolute atomic E-state index is 0.192. The maximum atomic E-state index is 12.1. The highest BCUT2D eigenvalue weighted by atomic mass is 35.5. The van der Waals surface area contributed by atoms with Gasteiger partial charge in [-0.3, -0.25) is 19.8 Å². The molecular weight excluding hydrogens is 391 g/mol. The minimum atomic E-state index is -0.778. The van der Waals surface area contributed by atoms with Crippen molar-refractivity contribution in [2.24, 2.45) is 0 Å². The summed E-state index contributed by atoms with van der Waals surface area (Å²) in [6.45, 7) is 0.286. The number of benzene rings is 2. The normalized spacial score (nSPS) is 15.9. The van der Waals surface area contributed by atoms with Gasteiger partial charge in [0.15, 0.2) is 5.75 Å². The zero-order valence-electron chi connectivity index (χ0n) is 14.2. The number of hydrogen-bond acceptors (Lipinski definition) is 4. The number of likely N-dealkylation sites (N-methyl/N-ethyl adjacent to an activating group) is 1. The first-order valence-electron chi connectivity index (χ1n) is 7.87. The average molecular weight is 405 g/mol. The average Bonchev–Trinajstić information content (AvgIpc) is 2.63. The summed E-state index contributed by atoms with van der Waals surface area (Å²) in [4.78, 5) is 36.3. The molecular formula is C19H14Cl2N2O4. The molecule has 2 aromatic carbocycles. The number of imide groups is 2. The Labute approximate surface area is 165 Å². The minimum Gasteiger partial charge on any atom is -0.486 e. The molecule has 0 bridgehead atoms. The highest BCUT2D eigenvalue weighted by molar-refractivity contribution is 6.37. The van der Waals surface area contributed by atoms with E-state index in [9.17, 15) is 14.4 Å². The van der Waals surface area contributed by atoms with E-state index >= 15 is 0 Å². The molecule has 1 saturated heterocycles. The molecule has 138 valence electrons. The second-order valence-corrected chi connectivity index (χ2v) is 6.58. The van der Waals surface area contributed by atoms with Crippen LogP contribution in [0.25, 0.3) is 6.08 Å². The van der Waals surface area contributed by atoms with Crippen molar-refractivity contribution < 1.29 is 19.1 Å². The zero-order valence-corrected chi connectivity index (χ0v) is 15.7. The molecule has 1 aliphatic heterocycles. The first kappa shape index (κ1) is 18.9. The molecule has 0 unspecified atom stereocenters. The Morgan fingerprint density at radius 3 is 2.33 bits per heavy atom. The first-order chi connectivity index (χ1) is 12.9. The predicted octanol–water partition coefficient (Wildman–Crippen LogP) is 3.66. The quantitative estimate of drug-likeness (QED) is 0.622. The fraction of sp³-hybridized carbons (Fsp3) is 0.105. The second-order valence-electron chi connectivity index (χ2n) is 5.77. The van der Waals surface area contributed by atoms with Crippen molar-refractivity contribution in [3.05, 3.63) is 69.2 Å². The van der Waals surface area contributed by atoms with Crippen molar-refractivity contribution >= 4 is 47.1 Å². The lowest BCUT2D eigenvalue weighted by atomic mass is 10.1. The van der Waals surface area contributed by atoms with E-state index < -0.39 is 17.8 Å². The summed E-state index contributed by atoms with van der Waals surface area (Å²) >= 11 is 12.5. The third kappa shape index (κ3) is 4.13. The number of barbiturate groups is 1. The topological polar surface area (TPSA) is 75.7 Å². The summed E-state index contributed by atoms with van der Waals surface area (Å²) in [5.74, 6) is -1.18. The Hall–Kier alpha value is -2.83. The van der Waals surface area contributed by atoms with Crippen LogP contribution in [0, 0.1) is 0 Å². The van der Waals surface area contributed by atoms with Gasteiger partial charge in [0.25, 0.3) is 11.8 Å². The molecule has 4 amide bonds. The third-order valence-electron chi connectivity index (χ3n) is 3.86. The van der Waals surface area contributed by atoms with Crippen LogP contribution in [0.5, 0.6) is 5.75 Å². The molecule has 1 N–H and O–H groups in total. The van der Waals surface area contributed by atoms with E-state index in [2.05, 4.69) is 5.32 Å². The number of hydrogen-bond donors (Lipinski definition) is 1. The van der Waals surface area contributed by atoms with Crippen molar-refractivity contribution in [1.29, 1.82) is 0 Å². The maximum Gasteiger partial charge on any atom is 0.331 e. The molecule has 0 aliphatic carbocycles. The highest BCUT2D eigenvalue weighted by Crippen LogP contribution is 2.35. The molecule has 1 aliphatic rings. The van der Waals surface area contributed by atoms with Gasteiger partial charge in [-0.25, -0.2) is 4.79 Å². The molecule has 0 aromatic heterocycles. The summed E-state index contributed by atoms with van der Waals surface area (Å²) in [6.07, 6.45) is 1.32. The lowest BCUT2D eigenvalue weighted by Crippen LogP contribution is -2.52. The fourth-order valence-corrected chi connectivity index (χ4v) is 3.06. The fourth-order valence-electron chi connectivity index (χ4n) is 2.44. The van der Waals surface area contributed by atoms with Crippen LogP contribution in [0.1, 0.15) is 11.1 Å². The zero-order chi connectivity index (χ0) is 19.6. The Morgan fingerprint density at radius 1 is 1.07 bits per heavy atom. The van der Waals surface area contributed by atoms with Gasteiger partial charge < -0.3 is 4.74 Å². The molecule has 2 aromatic rings. The number of carbonyl (C=O) groups excluding carboxylic acids is 3. The summed E-state index contributed by atoms with van der Waals surface area (Å²) in [5.41, 5.74) is 1.19. The number of nitrogens with one attached hydrogen (secondary N) is 1. The van der Waals surface area contributed by atoms with Crippen LogP contribution in [-0.2, 0) is 16.2 Å². The Bertz CT molecular complexity index is 934. The van der Waals surface area contributed by atoms with Crippen LogP contribution in [0.3, 0.4) is 0 Å². The molecule has 3 rings (SSSR count). The van der Waals surface area contributed by atoms with Crippen LogP contribution < -0.4 is 10.1 Å². The van der Waals surface area contributed by atoms with Gasteiger partial charge in [0.1, 0.15) is 12.2 Å². The van der Waals surface area contributed by atoms with Gasteiger partial charge in [0.2, 0.25) is 0 Å². The Balaban J connectivity index is 1.85. The lowest BCUT2D eigenvalue weighted by molar-refractivity contribution is -0.129. The Kier molecular flexibility index (Phi) is 5.48. The summed E-state index contributed by atoms with van der Waals surface area (Å²) in [5, 5.41) is 2.55. The summed E-state index contributed by atoms with van der Waals surface area (Å²) in [6, 6.07) is 11.8. The van der Waals surface area contributed by atoms with Crippen molar-refractivity contribution in [3.63, 3.8) is 0 Å². The van der Waals surface area contributed by atoms with Crippen LogP contribution in [0.15, 0.2) is 48.0 Å². The number of rotatable bonds is 4. The molecule has 0 radical (unpaired) electrons. The number of ether oxygens (including phenoxy) is 1. The van der Waals surface area contributed by atoms with E-state index in [0.29, 0.717) is 11.3 Å². The number of urea groups is 1. The SMILES string of the molecule is CN1C(=O)NC(=O)/C(=C\c2cc(Cl)c(OCc3ccccc3)c(Cl)c2)C1=O. The molecule has 1 heterocycles. The Morgan fingerprint density at radius 2 is 1.70 bits per heavy atom. The van der Waals surface area contributed by atoms with Crippen LogP contribution in [-0.4, -0.2) is 29.8 Å². The molecule has 0 atom stereocenters. The van der Waals surface area contributed by atoms with E-state index in [1.807, 2.05) is 30.3 Å². The second kappa shape index (κ2) is 7.82. The van der Waals surface area contributed by atoms with Crippen molar-refractivity contribution in [2.45, 2.75) is 6.61 Å². The third-order valence-corrected chi connectivity index (χ3v) is 4.42. The van der Waals surface area contributed by atoms with Crippen molar-refractivity contribution in [3.8, 4) is 5.75 Å². The van der Waals surface area contributed by atoms with Gasteiger partial charge in [-0.1, -0.05) is 53.5 Å². The van der Waals surface area contributed by atoms with Gasteiger partial charge in [-0.05, 0) is 29.3 Å². The van der Waals surface area contributed by atoms with E-state index in [-0.39, 0.29) is 22.2 Å². The van der Waals surface area contributed by atoms with E-state index in [1.54, 1.807) is 0 Å². The molecule has 6 nitrogen and oxygen atoms in total. The van der Waals surface area contributed by atoms with E-state index in [0.717, 1.165) is 10.5 Å². The molecule has 27 heavy (non-hydrogen) atoms. The number of halogens is 2. The smallest absolute Gasteiger partial charge is 0.331 e. The predicted molar refractivity (Wildman–Crippen MR) is 102 cm³/mol. The largest absolute Gasteiger partial charge is 0.486 e. The standard InChI is InChI=1S/C19H14Cl2N2O4/c1-23-18(25)13(17(24)22-19(23)26)7-12-8-14(20)16(15(21)9-12)27-10-11-5-3-2-4-6-11/h2-9H,10H2,1H3,(H,22,24,26)/b13-7+. The lowest BCUT2D eigenvalue weighted by Gasteiger charge is -2.22. The van der Waals surface area contributed by atoms with Gasteiger partial charge in [0, 0.05) is 7.05 Å². The number of amides is 4. The molecule has 0 saturated carbocycles. The molecule has 1 fully saturated rings.